The average Bonchev–Trinajstić information content (AvgIpc) is 3.05. The number of amides is 1. The summed E-state index contributed by atoms with van der Waals surface area (Å²) >= 11 is 0. The van der Waals surface area contributed by atoms with E-state index < -0.39 is 29.0 Å². The largest absolute Gasteiger partial charge is 0.489 e. The van der Waals surface area contributed by atoms with Crippen molar-refractivity contribution in [2.75, 3.05) is 24.8 Å². The summed E-state index contributed by atoms with van der Waals surface area (Å²) in [6, 6.07) is 17.2. The number of fused-ring (bicyclic) bond motifs is 5. The van der Waals surface area contributed by atoms with Gasteiger partial charge in [-0.3, -0.25) is 24.3 Å². The number of hydrogen-bond donors (Lipinski definition) is 0. The zero-order valence-corrected chi connectivity index (χ0v) is 23.2. The predicted molar refractivity (Wildman–Crippen MR) is 154 cm³/mol. The summed E-state index contributed by atoms with van der Waals surface area (Å²) in [7, 11) is 0. The highest BCUT2D eigenvalue weighted by Gasteiger charge is 2.38. The molecule has 2 aromatic heterocycles. The van der Waals surface area contributed by atoms with E-state index in [-0.39, 0.29) is 43.6 Å². The van der Waals surface area contributed by atoms with Crippen LogP contribution in [0.3, 0.4) is 0 Å². The standard InChI is InChI=1S/C30H24F2N4O4.C2H6/c31-22-16-21-26(17-23(22)32)39-15-7-6-13-34-19-36(27(21)24-10-4-5-12-33-24)35-14-11-25(37)29(28(35)30(34)38)40-18-20-8-2-1-3-9-20;1-2/h1-12,14,16-17,27H,13,15,18-19H2;1-2H3/b7-6-;. The fourth-order valence-corrected chi connectivity index (χ4v) is 4.89. The van der Waals surface area contributed by atoms with Crippen molar-refractivity contribution >= 4 is 5.91 Å². The number of aromatic nitrogens is 2. The summed E-state index contributed by atoms with van der Waals surface area (Å²) in [5.74, 6) is -2.48. The maximum atomic E-state index is 14.7. The minimum absolute atomic E-state index is 0.0216. The molecule has 4 aromatic rings. The van der Waals surface area contributed by atoms with E-state index in [9.17, 15) is 18.4 Å². The van der Waals surface area contributed by atoms with Crippen molar-refractivity contribution in [2.45, 2.75) is 26.5 Å². The lowest BCUT2D eigenvalue weighted by molar-refractivity contribution is 0.0697. The van der Waals surface area contributed by atoms with Crippen LogP contribution in [0.2, 0.25) is 0 Å². The first kappa shape index (κ1) is 28.5. The maximum absolute atomic E-state index is 14.7. The van der Waals surface area contributed by atoms with Crippen LogP contribution in [0.1, 0.15) is 47.2 Å². The Morgan fingerprint density at radius 1 is 0.976 bits per heavy atom. The van der Waals surface area contributed by atoms with Crippen molar-refractivity contribution in [3.8, 4) is 11.5 Å². The highest BCUT2D eigenvalue weighted by molar-refractivity contribution is 5.96. The Kier molecular flexibility index (Phi) is 8.61. The molecule has 0 saturated heterocycles. The summed E-state index contributed by atoms with van der Waals surface area (Å²) in [5.41, 5.74) is 1.19. The number of halogens is 2. The van der Waals surface area contributed by atoms with Crippen molar-refractivity contribution in [3.05, 3.63) is 136 Å². The quantitative estimate of drug-likeness (QED) is 0.313. The molecule has 8 nitrogen and oxygen atoms in total. The van der Waals surface area contributed by atoms with Gasteiger partial charge < -0.3 is 14.4 Å². The zero-order chi connectivity index (χ0) is 29.6. The lowest BCUT2D eigenvalue weighted by Crippen LogP contribution is -2.55. The fourth-order valence-electron chi connectivity index (χ4n) is 4.89. The molecule has 2 bridgehead atoms. The van der Waals surface area contributed by atoms with Crippen LogP contribution in [0, 0.1) is 11.6 Å². The van der Waals surface area contributed by atoms with Gasteiger partial charge in [-0.05, 0) is 29.8 Å². The fraction of sp³-hybridized carbons (Fsp3) is 0.219. The molecule has 216 valence electrons. The van der Waals surface area contributed by atoms with Crippen LogP contribution in [0.5, 0.6) is 11.5 Å². The van der Waals surface area contributed by atoms with Crippen LogP contribution < -0.4 is 19.9 Å². The van der Waals surface area contributed by atoms with Crippen LogP contribution >= 0.6 is 0 Å². The van der Waals surface area contributed by atoms with Gasteiger partial charge in [0, 0.05) is 36.6 Å². The van der Waals surface area contributed by atoms with Gasteiger partial charge in [0.1, 0.15) is 31.7 Å². The minimum Gasteiger partial charge on any atom is -0.489 e. The third-order valence-electron chi connectivity index (χ3n) is 6.78. The highest BCUT2D eigenvalue weighted by atomic mass is 19.2. The Bertz CT molecular complexity index is 1640. The van der Waals surface area contributed by atoms with Crippen LogP contribution in [-0.4, -0.2) is 40.3 Å². The summed E-state index contributed by atoms with van der Waals surface area (Å²) < 4.78 is 42.5. The van der Waals surface area contributed by atoms with Gasteiger partial charge in [-0.25, -0.2) is 8.78 Å². The second kappa shape index (κ2) is 12.7. The number of hydrogen-bond acceptors (Lipinski definition) is 6. The summed E-state index contributed by atoms with van der Waals surface area (Å²) in [5, 5.41) is 1.76. The lowest BCUT2D eigenvalue weighted by atomic mass is 10.0. The first-order chi connectivity index (χ1) is 20.5. The van der Waals surface area contributed by atoms with E-state index in [0.717, 1.165) is 17.7 Å². The average molecular weight is 573 g/mol. The van der Waals surface area contributed by atoms with Crippen molar-refractivity contribution in [3.63, 3.8) is 0 Å². The zero-order valence-electron chi connectivity index (χ0n) is 23.2. The molecule has 0 aliphatic carbocycles. The topological polar surface area (TPSA) is 76.9 Å². The second-order valence-corrected chi connectivity index (χ2v) is 9.33. The number of ether oxygens (including phenoxy) is 2. The van der Waals surface area contributed by atoms with Crippen molar-refractivity contribution in [2.24, 2.45) is 0 Å². The molecule has 2 aromatic carbocycles. The first-order valence-corrected chi connectivity index (χ1v) is 13.7. The monoisotopic (exact) mass is 572 g/mol. The van der Waals surface area contributed by atoms with E-state index in [2.05, 4.69) is 4.98 Å². The number of carbonyl (C=O) groups excluding carboxylic acids is 1. The van der Waals surface area contributed by atoms with Crippen LogP contribution in [-0.2, 0) is 6.61 Å². The van der Waals surface area contributed by atoms with Gasteiger partial charge in [-0.1, -0.05) is 56.3 Å². The van der Waals surface area contributed by atoms with Gasteiger partial charge >= 0.3 is 0 Å². The third-order valence-corrected chi connectivity index (χ3v) is 6.78. The minimum atomic E-state index is -1.05. The number of carbonyl (C=O) groups is 1. The van der Waals surface area contributed by atoms with E-state index in [1.807, 2.05) is 44.2 Å². The summed E-state index contributed by atoms with van der Waals surface area (Å²) in [6.07, 6.45) is 6.52. The van der Waals surface area contributed by atoms with Crippen molar-refractivity contribution < 1.29 is 23.0 Å². The van der Waals surface area contributed by atoms with Crippen LogP contribution in [0.15, 0.2) is 96.1 Å². The molecule has 2 aliphatic heterocycles. The Labute approximate surface area is 242 Å². The smallest absolute Gasteiger partial charge is 0.278 e. The van der Waals surface area contributed by atoms with Gasteiger partial charge in [-0.2, -0.15) is 0 Å². The lowest BCUT2D eigenvalue weighted by Gasteiger charge is -2.43. The molecule has 6 rings (SSSR count). The molecular weight excluding hydrogens is 542 g/mol. The normalized spacial score (nSPS) is 16.6. The van der Waals surface area contributed by atoms with E-state index >= 15 is 0 Å². The number of nitrogens with zero attached hydrogens (tertiary/aromatic N) is 4. The molecule has 10 heteroatoms. The van der Waals surface area contributed by atoms with Gasteiger partial charge in [0.15, 0.2) is 23.1 Å². The van der Waals surface area contributed by atoms with E-state index in [1.54, 1.807) is 46.5 Å². The van der Waals surface area contributed by atoms with Gasteiger partial charge in [0.05, 0.1) is 5.69 Å². The molecule has 0 saturated carbocycles. The molecule has 2 aliphatic rings. The van der Waals surface area contributed by atoms with E-state index in [4.69, 9.17) is 9.47 Å². The summed E-state index contributed by atoms with van der Waals surface area (Å²) in [6.45, 7) is 4.40. The molecule has 0 spiro atoms. The van der Waals surface area contributed by atoms with Gasteiger partial charge in [0.2, 0.25) is 5.43 Å². The number of rotatable bonds is 4. The van der Waals surface area contributed by atoms with Gasteiger partial charge in [0.25, 0.3) is 5.91 Å². The molecule has 0 radical (unpaired) electrons. The molecule has 1 atom stereocenters. The predicted octanol–water partition coefficient (Wildman–Crippen LogP) is 5.22. The highest BCUT2D eigenvalue weighted by Crippen LogP contribution is 2.37. The summed E-state index contributed by atoms with van der Waals surface area (Å²) in [4.78, 5) is 33.0. The molecule has 1 amide bonds. The van der Waals surface area contributed by atoms with Crippen molar-refractivity contribution in [1.82, 2.24) is 14.6 Å². The van der Waals surface area contributed by atoms with E-state index in [1.165, 1.54) is 16.9 Å². The maximum Gasteiger partial charge on any atom is 0.278 e. The second-order valence-electron chi connectivity index (χ2n) is 9.33. The van der Waals surface area contributed by atoms with Crippen LogP contribution in [0.25, 0.3) is 0 Å². The SMILES string of the molecule is CC.O=C1c2c(OCc3ccccc3)c(=O)ccn2N2CN1C/C=C\COc1cc(F)c(F)cc1C2c1ccccn1. The van der Waals surface area contributed by atoms with Crippen molar-refractivity contribution in [1.29, 1.82) is 0 Å². The number of benzene rings is 2. The molecule has 1 unspecified atom stereocenters. The number of pyridine rings is 2. The molecule has 0 fully saturated rings. The first-order valence-electron chi connectivity index (χ1n) is 13.7. The van der Waals surface area contributed by atoms with Gasteiger partial charge in [-0.15, -0.1) is 0 Å². The molecule has 0 N–H and O–H groups in total. The molecular formula is C32H30F2N4O4. The molecule has 42 heavy (non-hydrogen) atoms. The Balaban J connectivity index is 0.00000173. The Morgan fingerprint density at radius 2 is 1.74 bits per heavy atom. The van der Waals surface area contributed by atoms with E-state index in [0.29, 0.717) is 11.3 Å². The Morgan fingerprint density at radius 3 is 2.50 bits per heavy atom. The third kappa shape index (κ3) is 5.60. The Hall–Kier alpha value is -4.99. The van der Waals surface area contributed by atoms with Crippen LogP contribution in [0.4, 0.5) is 8.78 Å². The molecule has 4 heterocycles.